The lowest BCUT2D eigenvalue weighted by atomic mass is 10.2. The molecule has 1 aliphatic heterocycles. The zero-order valence-corrected chi connectivity index (χ0v) is 19.5. The minimum absolute atomic E-state index is 0.0914. The number of carbonyl (C=O) groups excluding carboxylic acids is 1. The molecule has 1 N–H and O–H groups in total. The van der Waals surface area contributed by atoms with Gasteiger partial charge in [0.05, 0.1) is 12.8 Å². The van der Waals surface area contributed by atoms with Gasteiger partial charge in [-0.25, -0.2) is 0 Å². The fraction of sp³-hybridized carbons (Fsp3) is 0.320. The van der Waals surface area contributed by atoms with Gasteiger partial charge in [-0.1, -0.05) is 35.9 Å². The van der Waals surface area contributed by atoms with Gasteiger partial charge in [-0.2, -0.15) is 15.1 Å². The molecule has 0 saturated carbocycles. The van der Waals surface area contributed by atoms with Gasteiger partial charge < -0.3 is 14.5 Å². The van der Waals surface area contributed by atoms with Crippen LogP contribution < -0.4 is 15.1 Å². The summed E-state index contributed by atoms with van der Waals surface area (Å²) in [5.41, 5.74) is 6.11. The predicted molar refractivity (Wildman–Crippen MR) is 132 cm³/mol. The van der Waals surface area contributed by atoms with Crippen LogP contribution in [0.15, 0.2) is 59.8 Å². The lowest BCUT2D eigenvalue weighted by Crippen LogP contribution is -2.48. The fourth-order valence-electron chi connectivity index (χ4n) is 3.66. The molecule has 2 aromatic heterocycles. The molecule has 3 heterocycles. The van der Waals surface area contributed by atoms with Crippen molar-refractivity contribution in [1.82, 2.24) is 19.9 Å². The molecule has 0 spiro atoms. The molecule has 0 bridgehead atoms. The largest absolute Gasteiger partial charge is 0.463 e. The highest BCUT2D eigenvalue weighted by atomic mass is 16.5. The third kappa shape index (κ3) is 6.50. The van der Waals surface area contributed by atoms with E-state index in [0.717, 1.165) is 17.1 Å². The number of ether oxygens (including phenoxy) is 1. The van der Waals surface area contributed by atoms with Crippen molar-refractivity contribution >= 4 is 23.8 Å². The second kappa shape index (κ2) is 11.2. The number of nitrogens with zero attached hydrogens (tertiary/aromatic N) is 6. The lowest BCUT2D eigenvalue weighted by molar-refractivity contribution is -0.129. The van der Waals surface area contributed by atoms with E-state index in [9.17, 15) is 4.79 Å². The second-order valence-electron chi connectivity index (χ2n) is 8.09. The van der Waals surface area contributed by atoms with Crippen LogP contribution in [0.3, 0.4) is 0 Å². The van der Waals surface area contributed by atoms with E-state index in [0.29, 0.717) is 45.0 Å². The van der Waals surface area contributed by atoms with Gasteiger partial charge in [-0.3, -0.25) is 15.2 Å². The Labute approximate surface area is 199 Å². The number of piperazine rings is 1. The Morgan fingerprint density at radius 3 is 2.71 bits per heavy atom. The highest BCUT2D eigenvalue weighted by Gasteiger charge is 2.21. The zero-order chi connectivity index (χ0) is 23.8. The van der Waals surface area contributed by atoms with Gasteiger partial charge in [0, 0.05) is 57.5 Å². The summed E-state index contributed by atoms with van der Waals surface area (Å²) < 4.78 is 5.88. The summed E-state index contributed by atoms with van der Waals surface area (Å²) in [7, 11) is 0. The number of pyridine rings is 1. The number of aromatic nitrogens is 3. The third-order valence-electron chi connectivity index (χ3n) is 5.49. The minimum atomic E-state index is 0.0914. The first-order chi connectivity index (χ1) is 16.6. The van der Waals surface area contributed by atoms with Gasteiger partial charge >= 0.3 is 6.01 Å². The van der Waals surface area contributed by atoms with Crippen LogP contribution in [0.2, 0.25) is 0 Å². The lowest BCUT2D eigenvalue weighted by Gasteiger charge is -2.35. The number of rotatable bonds is 8. The number of aryl methyl sites for hydroxylation is 1. The Balaban J connectivity index is 1.47. The van der Waals surface area contributed by atoms with Gasteiger partial charge in [0.15, 0.2) is 5.82 Å². The van der Waals surface area contributed by atoms with Gasteiger partial charge in [0.25, 0.3) is 0 Å². The third-order valence-corrected chi connectivity index (χ3v) is 5.49. The summed E-state index contributed by atoms with van der Waals surface area (Å²) >= 11 is 0. The average molecular weight is 460 g/mol. The second-order valence-corrected chi connectivity index (χ2v) is 8.09. The summed E-state index contributed by atoms with van der Waals surface area (Å²) in [6, 6.07) is 16.0. The van der Waals surface area contributed by atoms with Crippen molar-refractivity contribution in [1.29, 1.82) is 0 Å². The number of nitrogens with one attached hydrogen (secondary N) is 1. The number of amides is 1. The standard InChI is InChI=1S/C25H29N7O2/c1-19-6-5-7-21(16-19)18-27-30-23-17-24(32-13-11-31(12-14-32)20(2)33)29-25(28-23)34-15-9-22-8-3-4-10-26-22/h3-8,10,16-18H,9,11-15H2,1-2H3,(H,28,29,30)/b27-18+. The molecular formula is C25H29N7O2. The first-order valence-corrected chi connectivity index (χ1v) is 11.3. The van der Waals surface area contributed by atoms with E-state index in [1.54, 1.807) is 19.3 Å². The van der Waals surface area contributed by atoms with Crippen LogP contribution in [-0.4, -0.2) is 64.8 Å². The van der Waals surface area contributed by atoms with Gasteiger partial charge in [0.2, 0.25) is 5.91 Å². The number of anilines is 2. The van der Waals surface area contributed by atoms with E-state index in [1.165, 1.54) is 5.56 Å². The number of benzene rings is 1. The van der Waals surface area contributed by atoms with Gasteiger partial charge in [0.1, 0.15) is 5.82 Å². The molecule has 1 aromatic carbocycles. The maximum atomic E-state index is 11.7. The molecule has 176 valence electrons. The van der Waals surface area contributed by atoms with Gasteiger partial charge in [-0.05, 0) is 24.6 Å². The number of hydrogen-bond acceptors (Lipinski definition) is 8. The maximum absolute atomic E-state index is 11.7. The van der Waals surface area contributed by atoms with Crippen LogP contribution in [0.5, 0.6) is 6.01 Å². The smallest absolute Gasteiger partial charge is 0.320 e. The maximum Gasteiger partial charge on any atom is 0.320 e. The zero-order valence-electron chi connectivity index (χ0n) is 19.5. The van der Waals surface area contributed by atoms with Gasteiger partial charge in [-0.15, -0.1) is 0 Å². The minimum Gasteiger partial charge on any atom is -0.463 e. The normalized spacial score (nSPS) is 13.8. The molecule has 4 rings (SSSR count). The summed E-state index contributed by atoms with van der Waals surface area (Å²) in [4.78, 5) is 29.1. The highest BCUT2D eigenvalue weighted by Crippen LogP contribution is 2.21. The number of carbonyl (C=O) groups is 1. The number of hydrogen-bond donors (Lipinski definition) is 1. The molecule has 1 saturated heterocycles. The Bertz CT molecular complexity index is 1130. The van der Waals surface area contributed by atoms with Crippen molar-refractivity contribution in [2.45, 2.75) is 20.3 Å². The van der Waals surface area contributed by atoms with Crippen molar-refractivity contribution in [3.8, 4) is 6.01 Å². The molecular weight excluding hydrogens is 430 g/mol. The topological polar surface area (TPSA) is 95.8 Å². The van der Waals surface area contributed by atoms with Crippen molar-refractivity contribution < 1.29 is 9.53 Å². The van der Waals surface area contributed by atoms with E-state index < -0.39 is 0 Å². The number of hydrazone groups is 1. The molecule has 9 nitrogen and oxygen atoms in total. The molecule has 34 heavy (non-hydrogen) atoms. The average Bonchev–Trinajstić information content (AvgIpc) is 2.85. The van der Waals surface area contributed by atoms with Crippen LogP contribution >= 0.6 is 0 Å². The summed E-state index contributed by atoms with van der Waals surface area (Å²) in [5, 5.41) is 4.34. The molecule has 0 aliphatic carbocycles. The first-order valence-electron chi connectivity index (χ1n) is 11.3. The van der Waals surface area contributed by atoms with Crippen molar-refractivity contribution in [3.63, 3.8) is 0 Å². The van der Waals surface area contributed by atoms with E-state index in [4.69, 9.17) is 4.74 Å². The van der Waals surface area contributed by atoms with Crippen molar-refractivity contribution in [3.05, 3.63) is 71.5 Å². The van der Waals surface area contributed by atoms with Crippen LogP contribution in [0.4, 0.5) is 11.6 Å². The Hall–Kier alpha value is -4.01. The van der Waals surface area contributed by atoms with Crippen LogP contribution in [0.1, 0.15) is 23.7 Å². The van der Waals surface area contributed by atoms with E-state index >= 15 is 0 Å². The Morgan fingerprint density at radius 1 is 1.12 bits per heavy atom. The molecule has 3 aromatic rings. The Kier molecular flexibility index (Phi) is 7.64. The summed E-state index contributed by atoms with van der Waals surface area (Å²) in [6.07, 6.45) is 4.17. The first kappa shape index (κ1) is 23.2. The molecule has 0 unspecified atom stereocenters. The molecule has 1 amide bonds. The molecule has 0 atom stereocenters. The highest BCUT2D eigenvalue weighted by molar-refractivity contribution is 5.80. The van der Waals surface area contributed by atoms with Crippen molar-refractivity contribution in [2.75, 3.05) is 43.1 Å². The predicted octanol–water partition coefficient (Wildman–Crippen LogP) is 2.92. The van der Waals surface area contributed by atoms with Crippen LogP contribution in [-0.2, 0) is 11.2 Å². The molecule has 0 radical (unpaired) electrons. The quantitative estimate of drug-likeness (QED) is 0.409. The molecule has 1 aliphatic rings. The van der Waals surface area contributed by atoms with Crippen molar-refractivity contribution in [2.24, 2.45) is 5.10 Å². The SMILES string of the molecule is CC(=O)N1CCN(c2cc(N/N=C/c3cccc(C)c3)nc(OCCc3ccccn3)n2)CC1. The van der Waals surface area contributed by atoms with E-state index in [-0.39, 0.29) is 11.9 Å². The Morgan fingerprint density at radius 2 is 1.97 bits per heavy atom. The fourth-order valence-corrected chi connectivity index (χ4v) is 3.66. The summed E-state index contributed by atoms with van der Waals surface area (Å²) in [6.45, 7) is 6.74. The van der Waals surface area contributed by atoms with Crippen LogP contribution in [0.25, 0.3) is 0 Å². The van der Waals surface area contributed by atoms with E-state index in [1.807, 2.05) is 54.3 Å². The van der Waals surface area contributed by atoms with E-state index in [2.05, 4.69) is 36.4 Å². The summed E-state index contributed by atoms with van der Waals surface area (Å²) in [5.74, 6) is 1.36. The molecule has 1 fully saturated rings. The monoisotopic (exact) mass is 459 g/mol. The van der Waals surface area contributed by atoms with Crippen LogP contribution in [0, 0.1) is 6.92 Å². The molecule has 9 heteroatoms.